The van der Waals surface area contributed by atoms with Gasteiger partial charge in [0.05, 0.1) is 12.7 Å². The van der Waals surface area contributed by atoms with Gasteiger partial charge in [-0.2, -0.15) is 0 Å². The van der Waals surface area contributed by atoms with Crippen molar-refractivity contribution >= 4 is 0 Å². The van der Waals surface area contributed by atoms with E-state index in [0.29, 0.717) is 0 Å². The molecule has 4 atom stereocenters. The second-order valence-electron chi connectivity index (χ2n) is 4.11. The lowest BCUT2D eigenvalue weighted by Gasteiger charge is -2.17. The number of aliphatic hydroxyl groups excluding tert-OH is 2. The first-order chi connectivity index (χ1) is 8.04. The average Bonchev–Trinajstić information content (AvgIpc) is 2.57. The molecule has 0 aliphatic carbocycles. The number of nitrogens with zero attached hydrogens (tertiary/aromatic N) is 1. The topological polar surface area (TPSA) is 105 Å². The number of aromatic nitrogens is 2. The van der Waals surface area contributed by atoms with Crippen molar-refractivity contribution < 1.29 is 14.9 Å². The molecule has 2 heterocycles. The normalized spacial score (nSPS) is 32.9. The standard InChI is InChI=1S/C10H14N2O5/c1-5-8(15)6(4-13)17-9(5)12-3-2-7(14)11-10(12)16/h2-3,5-6,8-9,13,15H,4H2,1H3,(H,11,14,16)/t5-,6-,8-,9-/m1/s1. The zero-order valence-corrected chi connectivity index (χ0v) is 9.24. The summed E-state index contributed by atoms with van der Waals surface area (Å²) in [5, 5.41) is 18.8. The lowest BCUT2D eigenvalue weighted by Crippen LogP contribution is -2.33. The first-order valence-electron chi connectivity index (χ1n) is 5.30. The molecule has 0 bridgehead atoms. The molecule has 7 heteroatoms. The Morgan fingerprint density at radius 1 is 1.53 bits per heavy atom. The van der Waals surface area contributed by atoms with E-state index in [2.05, 4.69) is 4.98 Å². The molecule has 1 aromatic heterocycles. The van der Waals surface area contributed by atoms with Crippen molar-refractivity contribution in [2.24, 2.45) is 5.92 Å². The van der Waals surface area contributed by atoms with Crippen LogP contribution >= 0.6 is 0 Å². The van der Waals surface area contributed by atoms with Gasteiger partial charge in [0.15, 0.2) is 0 Å². The van der Waals surface area contributed by atoms with Crippen LogP contribution in [0.15, 0.2) is 21.9 Å². The van der Waals surface area contributed by atoms with Gasteiger partial charge in [0.2, 0.25) is 0 Å². The Balaban J connectivity index is 2.35. The number of ether oxygens (including phenoxy) is 1. The predicted octanol–water partition coefficient (Wildman–Crippen LogP) is -1.58. The van der Waals surface area contributed by atoms with Crippen LogP contribution in [0.5, 0.6) is 0 Å². The quantitative estimate of drug-likeness (QED) is 0.580. The Labute approximate surface area is 96.3 Å². The van der Waals surface area contributed by atoms with Gasteiger partial charge in [-0.1, -0.05) is 6.92 Å². The van der Waals surface area contributed by atoms with E-state index < -0.39 is 29.7 Å². The fourth-order valence-electron chi connectivity index (χ4n) is 1.99. The molecular weight excluding hydrogens is 228 g/mol. The number of aliphatic hydroxyl groups is 2. The minimum Gasteiger partial charge on any atom is -0.394 e. The highest BCUT2D eigenvalue weighted by Crippen LogP contribution is 2.32. The number of hydrogen-bond acceptors (Lipinski definition) is 5. The van der Waals surface area contributed by atoms with E-state index in [0.717, 1.165) is 0 Å². The lowest BCUT2D eigenvalue weighted by atomic mass is 10.0. The lowest BCUT2D eigenvalue weighted by molar-refractivity contribution is -0.0477. The molecule has 94 valence electrons. The first-order valence-corrected chi connectivity index (χ1v) is 5.30. The monoisotopic (exact) mass is 242 g/mol. The van der Waals surface area contributed by atoms with E-state index in [4.69, 9.17) is 9.84 Å². The summed E-state index contributed by atoms with van der Waals surface area (Å²) in [5.74, 6) is -0.351. The Hall–Kier alpha value is -1.44. The summed E-state index contributed by atoms with van der Waals surface area (Å²) < 4.78 is 6.58. The smallest absolute Gasteiger partial charge is 0.330 e. The number of nitrogens with one attached hydrogen (secondary N) is 1. The first kappa shape index (κ1) is 12.0. The van der Waals surface area contributed by atoms with Crippen molar-refractivity contribution in [3.63, 3.8) is 0 Å². The van der Waals surface area contributed by atoms with Gasteiger partial charge >= 0.3 is 5.69 Å². The molecule has 0 spiro atoms. The van der Waals surface area contributed by atoms with Crippen molar-refractivity contribution in [2.45, 2.75) is 25.4 Å². The average molecular weight is 242 g/mol. The molecule has 0 saturated carbocycles. The second-order valence-corrected chi connectivity index (χ2v) is 4.11. The number of aromatic amines is 1. The molecular formula is C10H14N2O5. The highest BCUT2D eigenvalue weighted by Gasteiger charge is 2.41. The van der Waals surface area contributed by atoms with Crippen LogP contribution < -0.4 is 11.2 Å². The minimum absolute atomic E-state index is 0.319. The molecule has 2 rings (SSSR count). The minimum atomic E-state index is -0.844. The van der Waals surface area contributed by atoms with Crippen LogP contribution in [0.1, 0.15) is 13.2 Å². The van der Waals surface area contributed by atoms with Crippen molar-refractivity contribution in [3.8, 4) is 0 Å². The molecule has 17 heavy (non-hydrogen) atoms. The SMILES string of the molecule is C[C@@H]1[C@@H](O)[C@@H](CO)O[C@H]1n1ccc(=O)[nH]c1=O. The van der Waals surface area contributed by atoms with Gasteiger partial charge in [-0.05, 0) is 0 Å². The third-order valence-electron chi connectivity index (χ3n) is 2.99. The van der Waals surface area contributed by atoms with E-state index in [9.17, 15) is 14.7 Å². The highest BCUT2D eigenvalue weighted by molar-refractivity contribution is 4.91. The summed E-state index contributed by atoms with van der Waals surface area (Å²) in [6.45, 7) is 1.39. The van der Waals surface area contributed by atoms with E-state index >= 15 is 0 Å². The highest BCUT2D eigenvalue weighted by atomic mass is 16.5. The van der Waals surface area contributed by atoms with Crippen LogP contribution in [0.3, 0.4) is 0 Å². The van der Waals surface area contributed by atoms with Gasteiger partial charge in [-0.25, -0.2) is 4.79 Å². The molecule has 0 unspecified atom stereocenters. The van der Waals surface area contributed by atoms with E-state index in [1.807, 2.05) is 0 Å². The Kier molecular flexibility index (Phi) is 3.14. The Morgan fingerprint density at radius 3 is 2.76 bits per heavy atom. The van der Waals surface area contributed by atoms with Crippen LogP contribution in [0.25, 0.3) is 0 Å². The molecule has 1 aliphatic rings. The summed E-state index contributed by atoms with van der Waals surface area (Å²) >= 11 is 0. The summed E-state index contributed by atoms with van der Waals surface area (Å²) in [4.78, 5) is 24.6. The van der Waals surface area contributed by atoms with Gasteiger partial charge in [0.1, 0.15) is 12.3 Å². The van der Waals surface area contributed by atoms with Crippen molar-refractivity contribution in [3.05, 3.63) is 33.1 Å². The zero-order valence-electron chi connectivity index (χ0n) is 9.24. The Morgan fingerprint density at radius 2 is 2.24 bits per heavy atom. The van der Waals surface area contributed by atoms with Gasteiger partial charge in [0, 0.05) is 18.2 Å². The van der Waals surface area contributed by atoms with Gasteiger partial charge in [-0.3, -0.25) is 14.3 Å². The summed E-state index contributed by atoms with van der Waals surface area (Å²) in [7, 11) is 0. The third-order valence-corrected chi connectivity index (χ3v) is 2.99. The molecule has 1 saturated heterocycles. The number of H-pyrrole nitrogens is 1. The molecule has 1 aromatic rings. The van der Waals surface area contributed by atoms with Crippen molar-refractivity contribution in [2.75, 3.05) is 6.61 Å². The maximum atomic E-state index is 11.6. The van der Waals surface area contributed by atoms with Crippen LogP contribution in [-0.2, 0) is 4.74 Å². The molecule has 1 aliphatic heterocycles. The molecule has 1 fully saturated rings. The fourth-order valence-corrected chi connectivity index (χ4v) is 1.99. The van der Waals surface area contributed by atoms with Crippen LogP contribution in [0, 0.1) is 5.92 Å². The van der Waals surface area contributed by atoms with E-state index in [1.165, 1.54) is 16.8 Å². The molecule has 0 amide bonds. The molecule has 3 N–H and O–H groups in total. The fraction of sp³-hybridized carbons (Fsp3) is 0.600. The summed E-state index contributed by atoms with van der Waals surface area (Å²) in [6, 6.07) is 1.20. The second kappa shape index (κ2) is 4.44. The van der Waals surface area contributed by atoms with Gasteiger partial charge < -0.3 is 14.9 Å². The summed E-state index contributed by atoms with van der Waals surface area (Å²) in [6.07, 6.45) is -0.932. The molecule has 0 radical (unpaired) electrons. The third kappa shape index (κ3) is 2.04. The van der Waals surface area contributed by atoms with Gasteiger partial charge in [0.25, 0.3) is 5.56 Å². The summed E-state index contributed by atoms with van der Waals surface area (Å²) in [5.41, 5.74) is -1.09. The maximum absolute atomic E-state index is 11.6. The molecule has 0 aromatic carbocycles. The maximum Gasteiger partial charge on any atom is 0.330 e. The number of hydrogen-bond donors (Lipinski definition) is 3. The predicted molar refractivity (Wildman–Crippen MR) is 57.5 cm³/mol. The van der Waals surface area contributed by atoms with Crippen LogP contribution in [0.4, 0.5) is 0 Å². The zero-order chi connectivity index (χ0) is 12.6. The van der Waals surface area contributed by atoms with Crippen LogP contribution in [0.2, 0.25) is 0 Å². The number of rotatable bonds is 2. The van der Waals surface area contributed by atoms with Crippen molar-refractivity contribution in [1.29, 1.82) is 0 Å². The van der Waals surface area contributed by atoms with Crippen molar-refractivity contribution in [1.82, 2.24) is 9.55 Å². The van der Waals surface area contributed by atoms with Crippen LogP contribution in [-0.4, -0.2) is 38.6 Å². The van der Waals surface area contributed by atoms with E-state index in [1.54, 1.807) is 6.92 Å². The van der Waals surface area contributed by atoms with E-state index in [-0.39, 0.29) is 12.5 Å². The van der Waals surface area contributed by atoms with Gasteiger partial charge in [-0.15, -0.1) is 0 Å². The largest absolute Gasteiger partial charge is 0.394 e. The molecule has 7 nitrogen and oxygen atoms in total. The Bertz CT molecular complexity index is 508.